The second-order valence-electron chi connectivity index (χ2n) is 8.77. The zero-order valence-electron chi connectivity index (χ0n) is 20.7. The molecule has 1 unspecified atom stereocenters. The Balaban J connectivity index is 1.44. The number of methoxy groups -OCH3 is 2. The first kappa shape index (κ1) is 23.6. The number of nitrogens with one attached hydrogen (secondary N) is 2. The number of hydrogen-bond acceptors (Lipinski definition) is 5. The van der Waals surface area contributed by atoms with E-state index in [0.717, 1.165) is 39.8 Å². The van der Waals surface area contributed by atoms with Crippen LogP contribution in [0.4, 0.5) is 0 Å². The Bertz CT molecular complexity index is 1390. The molecule has 3 aromatic carbocycles. The van der Waals surface area contributed by atoms with E-state index in [0.29, 0.717) is 23.8 Å². The highest BCUT2D eigenvalue weighted by Crippen LogP contribution is 2.38. The average Bonchev–Trinajstić information content (AvgIpc) is 3.57. The predicted octanol–water partition coefficient (Wildman–Crippen LogP) is 5.31. The second-order valence-corrected chi connectivity index (χ2v) is 8.77. The van der Waals surface area contributed by atoms with Crippen molar-refractivity contribution in [2.75, 3.05) is 21.0 Å². The normalized spacial score (nSPS) is 13.0. The fourth-order valence-corrected chi connectivity index (χ4v) is 4.81. The molecule has 36 heavy (non-hydrogen) atoms. The number of rotatable bonds is 9. The number of aromatic nitrogens is 1. The zero-order valence-corrected chi connectivity index (χ0v) is 20.7. The summed E-state index contributed by atoms with van der Waals surface area (Å²) in [7, 11) is 3.23. The highest BCUT2D eigenvalue weighted by Gasteiger charge is 2.24. The van der Waals surface area contributed by atoms with Crippen LogP contribution in [-0.2, 0) is 17.8 Å². The van der Waals surface area contributed by atoms with E-state index < -0.39 is 0 Å². The first-order valence-electron chi connectivity index (χ1n) is 12.1. The molecule has 1 aliphatic heterocycles. The molecule has 1 aliphatic rings. The Morgan fingerprint density at radius 3 is 2.67 bits per heavy atom. The van der Waals surface area contributed by atoms with Gasteiger partial charge in [0.05, 0.1) is 14.2 Å². The number of benzene rings is 3. The van der Waals surface area contributed by atoms with Gasteiger partial charge in [0.15, 0.2) is 23.0 Å². The van der Waals surface area contributed by atoms with Crippen LogP contribution >= 0.6 is 0 Å². The fourth-order valence-electron chi connectivity index (χ4n) is 4.81. The summed E-state index contributed by atoms with van der Waals surface area (Å²) in [6.45, 7) is 2.77. The molecule has 0 fully saturated rings. The maximum Gasteiger partial charge on any atom is 0.231 e. The number of fused-ring (bicyclic) bond motifs is 2. The van der Waals surface area contributed by atoms with E-state index in [4.69, 9.17) is 18.9 Å². The summed E-state index contributed by atoms with van der Waals surface area (Å²) >= 11 is 0. The molecule has 4 aromatic rings. The molecule has 0 saturated carbocycles. The van der Waals surface area contributed by atoms with E-state index in [1.165, 1.54) is 5.56 Å². The van der Waals surface area contributed by atoms with E-state index in [1.54, 1.807) is 14.2 Å². The van der Waals surface area contributed by atoms with Crippen LogP contribution in [-0.4, -0.2) is 31.9 Å². The highest BCUT2D eigenvalue weighted by atomic mass is 16.7. The van der Waals surface area contributed by atoms with Gasteiger partial charge in [0.1, 0.15) is 0 Å². The number of amides is 1. The van der Waals surface area contributed by atoms with Gasteiger partial charge in [-0.15, -0.1) is 0 Å². The van der Waals surface area contributed by atoms with Crippen molar-refractivity contribution in [1.29, 1.82) is 0 Å². The van der Waals surface area contributed by atoms with Gasteiger partial charge in [-0.05, 0) is 52.9 Å². The van der Waals surface area contributed by atoms with Crippen LogP contribution in [0.3, 0.4) is 0 Å². The molecule has 0 aliphatic carbocycles. The number of aryl methyl sites for hydroxylation is 1. The summed E-state index contributed by atoms with van der Waals surface area (Å²) in [5.41, 5.74) is 5.37. The number of para-hydroxylation sites is 1. The molecule has 186 valence electrons. The lowest BCUT2D eigenvalue weighted by Gasteiger charge is -2.19. The first-order chi connectivity index (χ1) is 17.6. The van der Waals surface area contributed by atoms with E-state index in [-0.39, 0.29) is 25.0 Å². The van der Waals surface area contributed by atoms with Gasteiger partial charge in [-0.2, -0.15) is 0 Å². The van der Waals surface area contributed by atoms with Crippen molar-refractivity contribution in [3.05, 3.63) is 83.0 Å². The van der Waals surface area contributed by atoms with E-state index in [9.17, 15) is 4.79 Å². The minimum absolute atomic E-state index is 0.0477. The number of hydrogen-bond donors (Lipinski definition) is 2. The molecule has 0 saturated heterocycles. The molecule has 1 atom stereocenters. The number of H-pyrrole nitrogens is 1. The topological polar surface area (TPSA) is 81.8 Å². The van der Waals surface area contributed by atoms with Gasteiger partial charge in [0.25, 0.3) is 0 Å². The molecule has 0 bridgehead atoms. The van der Waals surface area contributed by atoms with Crippen molar-refractivity contribution in [2.24, 2.45) is 0 Å². The van der Waals surface area contributed by atoms with E-state index in [1.807, 2.05) is 42.6 Å². The van der Waals surface area contributed by atoms with Crippen LogP contribution in [0.15, 0.2) is 60.8 Å². The Hall–Kier alpha value is -4.13. The van der Waals surface area contributed by atoms with Crippen molar-refractivity contribution >= 4 is 16.8 Å². The molecular weight excluding hydrogens is 456 g/mol. The predicted molar refractivity (Wildman–Crippen MR) is 138 cm³/mol. The Kier molecular flexibility index (Phi) is 6.71. The molecule has 2 heterocycles. The quantitative estimate of drug-likeness (QED) is 0.335. The maximum absolute atomic E-state index is 13.2. The smallest absolute Gasteiger partial charge is 0.231 e. The van der Waals surface area contributed by atoms with Gasteiger partial charge < -0.3 is 29.2 Å². The summed E-state index contributed by atoms with van der Waals surface area (Å²) in [4.78, 5) is 16.7. The minimum Gasteiger partial charge on any atom is -0.493 e. The van der Waals surface area contributed by atoms with Crippen LogP contribution in [0.25, 0.3) is 10.9 Å². The zero-order chi connectivity index (χ0) is 25.1. The van der Waals surface area contributed by atoms with Crippen LogP contribution in [0.1, 0.15) is 41.5 Å². The fraction of sp³-hybridized carbons (Fsp3) is 0.276. The van der Waals surface area contributed by atoms with E-state index >= 15 is 0 Å². The van der Waals surface area contributed by atoms with Crippen LogP contribution < -0.4 is 24.3 Å². The minimum atomic E-state index is -0.178. The number of ether oxygens (including phenoxy) is 4. The summed E-state index contributed by atoms with van der Waals surface area (Å²) in [5.74, 6) is 2.49. The summed E-state index contributed by atoms with van der Waals surface area (Å²) < 4.78 is 21.8. The summed E-state index contributed by atoms with van der Waals surface area (Å²) in [6.07, 6.45) is 3.23. The molecule has 1 aromatic heterocycles. The number of aromatic amines is 1. The van der Waals surface area contributed by atoms with Crippen molar-refractivity contribution in [2.45, 2.75) is 32.2 Å². The maximum atomic E-state index is 13.2. The molecule has 7 nitrogen and oxygen atoms in total. The van der Waals surface area contributed by atoms with Crippen LogP contribution in [0.5, 0.6) is 23.0 Å². The second kappa shape index (κ2) is 10.2. The van der Waals surface area contributed by atoms with Crippen LogP contribution in [0, 0.1) is 0 Å². The first-order valence-corrected chi connectivity index (χ1v) is 12.1. The summed E-state index contributed by atoms with van der Waals surface area (Å²) in [5, 5.41) is 4.20. The molecular formula is C29H30N2O5. The molecule has 7 heteroatoms. The third-order valence-electron chi connectivity index (χ3n) is 6.72. The lowest BCUT2D eigenvalue weighted by atomic mass is 9.87. The third kappa shape index (κ3) is 4.56. The van der Waals surface area contributed by atoms with Crippen molar-refractivity contribution in [1.82, 2.24) is 10.3 Å². The van der Waals surface area contributed by atoms with E-state index in [2.05, 4.69) is 35.4 Å². The third-order valence-corrected chi connectivity index (χ3v) is 6.72. The Labute approximate surface area is 210 Å². The SMILES string of the molecule is CCc1cccc2c(C(CC(=O)NCc3ccc4c(c3)OCO4)c3ccc(OC)c(OC)c3)c[nH]c12. The van der Waals surface area contributed by atoms with Gasteiger partial charge >= 0.3 is 0 Å². The standard InChI is InChI=1S/C29H30N2O5/c1-4-19-6-5-7-21-23(16-31-29(19)21)22(20-9-11-24(33-2)26(13-20)34-3)14-28(32)30-15-18-8-10-25-27(12-18)36-17-35-25/h5-13,16,22,31H,4,14-15,17H2,1-3H3,(H,30,32). The van der Waals surface area contributed by atoms with Crippen molar-refractivity contribution < 1.29 is 23.7 Å². The Morgan fingerprint density at radius 1 is 1.03 bits per heavy atom. The lowest BCUT2D eigenvalue weighted by Crippen LogP contribution is -2.25. The van der Waals surface area contributed by atoms with Crippen molar-refractivity contribution in [3.8, 4) is 23.0 Å². The van der Waals surface area contributed by atoms with Gasteiger partial charge in [0, 0.05) is 36.0 Å². The summed E-state index contributed by atoms with van der Waals surface area (Å²) in [6, 6.07) is 17.9. The molecule has 0 radical (unpaired) electrons. The molecule has 2 N–H and O–H groups in total. The molecule has 0 spiro atoms. The van der Waals surface area contributed by atoms with Crippen LogP contribution in [0.2, 0.25) is 0 Å². The lowest BCUT2D eigenvalue weighted by molar-refractivity contribution is -0.121. The number of carbonyl (C=O) groups excluding carboxylic acids is 1. The largest absolute Gasteiger partial charge is 0.493 e. The van der Waals surface area contributed by atoms with Gasteiger partial charge in [-0.25, -0.2) is 0 Å². The number of carbonyl (C=O) groups is 1. The van der Waals surface area contributed by atoms with Gasteiger partial charge in [-0.3, -0.25) is 4.79 Å². The van der Waals surface area contributed by atoms with Gasteiger partial charge in [-0.1, -0.05) is 37.3 Å². The highest BCUT2D eigenvalue weighted by molar-refractivity contribution is 5.88. The molecule has 1 amide bonds. The average molecular weight is 487 g/mol. The molecule has 5 rings (SSSR count). The Morgan fingerprint density at radius 2 is 1.86 bits per heavy atom. The monoisotopic (exact) mass is 486 g/mol. The van der Waals surface area contributed by atoms with Crippen molar-refractivity contribution in [3.63, 3.8) is 0 Å². The van der Waals surface area contributed by atoms with Gasteiger partial charge in [0.2, 0.25) is 12.7 Å².